The van der Waals surface area contributed by atoms with Crippen molar-refractivity contribution < 1.29 is 13.9 Å². The Morgan fingerprint density at radius 2 is 2.11 bits per heavy atom. The molecule has 106 valence electrons. The molecule has 1 rings (SSSR count). The zero-order valence-corrected chi connectivity index (χ0v) is 11.7. The van der Waals surface area contributed by atoms with Gasteiger partial charge in [0.15, 0.2) is 0 Å². The van der Waals surface area contributed by atoms with Crippen molar-refractivity contribution in [3.8, 4) is 5.75 Å². The van der Waals surface area contributed by atoms with E-state index in [-0.39, 0.29) is 24.8 Å². The van der Waals surface area contributed by atoms with Crippen molar-refractivity contribution in [2.75, 3.05) is 27.2 Å². The summed E-state index contributed by atoms with van der Waals surface area (Å²) in [5, 5.41) is 3.13. The quantitative estimate of drug-likeness (QED) is 0.820. The lowest BCUT2D eigenvalue weighted by Gasteiger charge is -2.12. The van der Waals surface area contributed by atoms with Crippen molar-refractivity contribution in [3.05, 3.63) is 29.6 Å². The van der Waals surface area contributed by atoms with E-state index in [9.17, 15) is 9.18 Å². The number of carbonyl (C=O) groups is 1. The van der Waals surface area contributed by atoms with Gasteiger partial charge in [0, 0.05) is 26.7 Å². The highest BCUT2D eigenvalue weighted by Gasteiger charge is 2.05. The highest BCUT2D eigenvalue weighted by Crippen LogP contribution is 2.16. The molecular formula is C14H21FN2O2. The SMILES string of the molecule is CCNCc1cc(F)cc(OCCC(=O)N(C)C)c1. The molecule has 1 N–H and O–H groups in total. The van der Waals surface area contributed by atoms with E-state index < -0.39 is 0 Å². The van der Waals surface area contributed by atoms with Crippen LogP contribution in [0.2, 0.25) is 0 Å². The zero-order chi connectivity index (χ0) is 14.3. The van der Waals surface area contributed by atoms with Gasteiger partial charge in [-0.15, -0.1) is 0 Å². The molecule has 5 heteroatoms. The minimum absolute atomic E-state index is 0.00993. The average molecular weight is 268 g/mol. The van der Waals surface area contributed by atoms with Crippen molar-refractivity contribution in [3.63, 3.8) is 0 Å². The van der Waals surface area contributed by atoms with Crippen LogP contribution in [0.5, 0.6) is 5.75 Å². The highest BCUT2D eigenvalue weighted by molar-refractivity contribution is 5.75. The van der Waals surface area contributed by atoms with Crippen molar-refractivity contribution in [2.24, 2.45) is 0 Å². The third-order valence-corrected chi connectivity index (χ3v) is 2.59. The first-order valence-electron chi connectivity index (χ1n) is 6.36. The van der Waals surface area contributed by atoms with Crippen molar-refractivity contribution >= 4 is 5.91 Å². The molecule has 0 saturated carbocycles. The molecular weight excluding hydrogens is 247 g/mol. The molecule has 0 unspecified atom stereocenters. The largest absolute Gasteiger partial charge is 0.493 e. The number of benzene rings is 1. The Hall–Kier alpha value is -1.62. The summed E-state index contributed by atoms with van der Waals surface area (Å²) in [7, 11) is 3.39. The molecule has 19 heavy (non-hydrogen) atoms. The molecule has 0 spiro atoms. The summed E-state index contributed by atoms with van der Waals surface area (Å²) < 4.78 is 18.8. The van der Waals surface area contributed by atoms with E-state index in [2.05, 4.69) is 5.32 Å². The fourth-order valence-electron chi connectivity index (χ4n) is 1.56. The summed E-state index contributed by atoms with van der Waals surface area (Å²) in [5.41, 5.74) is 0.829. The molecule has 0 aliphatic heterocycles. The Morgan fingerprint density at radius 3 is 2.74 bits per heavy atom. The number of nitrogens with zero attached hydrogens (tertiary/aromatic N) is 1. The van der Waals surface area contributed by atoms with Gasteiger partial charge in [0.2, 0.25) is 5.91 Å². The van der Waals surface area contributed by atoms with E-state index >= 15 is 0 Å². The number of ether oxygens (including phenoxy) is 1. The molecule has 0 aromatic heterocycles. The lowest BCUT2D eigenvalue weighted by atomic mass is 10.2. The molecule has 0 bridgehead atoms. The van der Waals surface area contributed by atoms with Crippen LogP contribution in [0.3, 0.4) is 0 Å². The first-order valence-corrected chi connectivity index (χ1v) is 6.36. The highest BCUT2D eigenvalue weighted by atomic mass is 19.1. The maximum absolute atomic E-state index is 13.4. The van der Waals surface area contributed by atoms with Gasteiger partial charge in [-0.25, -0.2) is 4.39 Å². The summed E-state index contributed by atoms with van der Waals surface area (Å²) in [6, 6.07) is 4.59. The van der Waals surface area contributed by atoms with Crippen LogP contribution in [0.15, 0.2) is 18.2 Å². The molecule has 0 aliphatic carbocycles. The Morgan fingerprint density at radius 1 is 1.37 bits per heavy atom. The van der Waals surface area contributed by atoms with Crippen LogP contribution in [0.4, 0.5) is 4.39 Å². The Bertz CT molecular complexity index is 422. The summed E-state index contributed by atoms with van der Waals surface area (Å²) in [6.07, 6.45) is 0.284. The van der Waals surface area contributed by atoms with Gasteiger partial charge < -0.3 is 15.0 Å². The molecule has 1 aromatic carbocycles. The van der Waals surface area contributed by atoms with E-state index in [1.54, 1.807) is 20.2 Å². The normalized spacial score (nSPS) is 10.3. The molecule has 0 fully saturated rings. The first kappa shape index (κ1) is 15.4. The predicted molar refractivity (Wildman–Crippen MR) is 72.6 cm³/mol. The first-order chi connectivity index (χ1) is 9.02. The minimum Gasteiger partial charge on any atom is -0.493 e. The van der Waals surface area contributed by atoms with Gasteiger partial charge in [-0.1, -0.05) is 6.92 Å². The summed E-state index contributed by atoms with van der Waals surface area (Å²) in [6.45, 7) is 3.66. The Balaban J connectivity index is 2.53. The Kier molecular flexibility index (Phi) is 6.29. The summed E-state index contributed by atoms with van der Waals surface area (Å²) in [4.78, 5) is 12.9. The van der Waals surface area contributed by atoms with E-state index in [4.69, 9.17) is 4.74 Å². The molecule has 0 aliphatic rings. The number of amides is 1. The standard InChI is InChI=1S/C14H21FN2O2/c1-4-16-10-11-7-12(15)9-13(8-11)19-6-5-14(18)17(2)3/h7-9,16H,4-6,10H2,1-3H3. The average Bonchev–Trinajstić information content (AvgIpc) is 2.35. The monoisotopic (exact) mass is 268 g/mol. The summed E-state index contributed by atoms with van der Waals surface area (Å²) in [5.74, 6) is 0.119. The second-order valence-electron chi connectivity index (χ2n) is 4.46. The van der Waals surface area contributed by atoms with Crippen LogP contribution in [-0.4, -0.2) is 38.1 Å². The molecule has 4 nitrogen and oxygen atoms in total. The van der Waals surface area contributed by atoms with Gasteiger partial charge in [-0.3, -0.25) is 4.79 Å². The van der Waals surface area contributed by atoms with Gasteiger partial charge in [0.25, 0.3) is 0 Å². The number of hydrogen-bond donors (Lipinski definition) is 1. The van der Waals surface area contributed by atoms with E-state index in [1.165, 1.54) is 17.0 Å². The van der Waals surface area contributed by atoms with Crippen LogP contribution in [0.25, 0.3) is 0 Å². The molecule has 0 atom stereocenters. The Labute approximate surface area is 113 Å². The van der Waals surface area contributed by atoms with Crippen molar-refractivity contribution in [1.82, 2.24) is 10.2 Å². The summed E-state index contributed by atoms with van der Waals surface area (Å²) >= 11 is 0. The third kappa shape index (κ3) is 5.70. The van der Waals surface area contributed by atoms with Gasteiger partial charge in [0.1, 0.15) is 11.6 Å². The van der Waals surface area contributed by atoms with Gasteiger partial charge in [0.05, 0.1) is 13.0 Å². The number of carbonyl (C=O) groups excluding carboxylic acids is 1. The molecule has 0 saturated heterocycles. The second kappa shape index (κ2) is 7.74. The van der Waals surface area contributed by atoms with Crippen LogP contribution in [-0.2, 0) is 11.3 Å². The minimum atomic E-state index is -0.329. The maximum Gasteiger partial charge on any atom is 0.225 e. The molecule has 0 radical (unpaired) electrons. The van der Waals surface area contributed by atoms with Crippen molar-refractivity contribution in [2.45, 2.75) is 19.9 Å². The molecule has 1 aromatic rings. The fraction of sp³-hybridized carbons (Fsp3) is 0.500. The van der Waals surface area contributed by atoms with Crippen molar-refractivity contribution in [1.29, 1.82) is 0 Å². The van der Waals surface area contributed by atoms with E-state index in [0.717, 1.165) is 12.1 Å². The predicted octanol–water partition coefficient (Wildman–Crippen LogP) is 1.79. The van der Waals surface area contributed by atoms with Gasteiger partial charge in [-0.05, 0) is 24.2 Å². The number of hydrogen-bond acceptors (Lipinski definition) is 3. The molecule has 0 heterocycles. The molecule has 1 amide bonds. The lowest BCUT2D eigenvalue weighted by Crippen LogP contribution is -2.23. The van der Waals surface area contributed by atoms with Gasteiger partial charge >= 0.3 is 0 Å². The van der Waals surface area contributed by atoms with E-state index in [0.29, 0.717) is 12.3 Å². The van der Waals surface area contributed by atoms with Crippen LogP contribution < -0.4 is 10.1 Å². The number of halogens is 1. The lowest BCUT2D eigenvalue weighted by molar-refractivity contribution is -0.129. The van der Waals surface area contributed by atoms with Crippen LogP contribution >= 0.6 is 0 Å². The number of rotatable bonds is 7. The van der Waals surface area contributed by atoms with Crippen LogP contribution in [0, 0.1) is 5.82 Å². The zero-order valence-electron chi connectivity index (χ0n) is 11.7. The maximum atomic E-state index is 13.4. The van der Waals surface area contributed by atoms with Gasteiger partial charge in [-0.2, -0.15) is 0 Å². The topological polar surface area (TPSA) is 41.6 Å². The van der Waals surface area contributed by atoms with E-state index in [1.807, 2.05) is 6.92 Å². The second-order valence-corrected chi connectivity index (χ2v) is 4.46. The third-order valence-electron chi connectivity index (χ3n) is 2.59. The van der Waals surface area contributed by atoms with Crippen LogP contribution in [0.1, 0.15) is 18.9 Å². The number of nitrogens with one attached hydrogen (secondary N) is 1. The fourth-order valence-corrected chi connectivity index (χ4v) is 1.56. The smallest absolute Gasteiger partial charge is 0.225 e.